The number of para-hydroxylation sites is 1. The Morgan fingerprint density at radius 1 is 1.20 bits per heavy atom. The average molecular weight is 384 g/mol. The summed E-state index contributed by atoms with van der Waals surface area (Å²) in [6, 6.07) is 9.46. The Morgan fingerprint density at radius 3 is 2.72 bits per heavy atom. The minimum absolute atomic E-state index is 0.0860. The molecule has 1 aromatic carbocycles. The molecule has 1 N–H and O–H groups in total. The Labute approximate surface area is 148 Å². The number of hydrogen-bond acceptors (Lipinski definition) is 5. The quantitative estimate of drug-likeness (QED) is 0.694. The summed E-state index contributed by atoms with van der Waals surface area (Å²) in [5.41, 5.74) is 0.233. The van der Waals surface area contributed by atoms with Crippen molar-refractivity contribution in [2.45, 2.75) is 12.9 Å². The van der Waals surface area contributed by atoms with Crippen LogP contribution in [0.25, 0.3) is 9.88 Å². The Hall–Kier alpha value is -2.39. The molecule has 25 heavy (non-hydrogen) atoms. The molecule has 1 amide bonds. The first-order valence-electron chi connectivity index (χ1n) is 7.04. The molecule has 0 saturated carbocycles. The number of carbonyl (C=O) groups is 1. The first kappa shape index (κ1) is 17.4. The van der Waals surface area contributed by atoms with Crippen LogP contribution in [0.3, 0.4) is 0 Å². The van der Waals surface area contributed by atoms with Gasteiger partial charge in [0.15, 0.2) is 0 Å². The summed E-state index contributed by atoms with van der Waals surface area (Å²) in [5, 5.41) is 5.22. The standard InChI is InChI=1S/C16H11F3N2O2S2/c17-16(18,19)23-11-5-2-1-4-10(11)8-20-14(22)13-9-21-15(25-13)12-6-3-7-24-12/h1-7,9H,8H2,(H,20,22). The van der Waals surface area contributed by atoms with Crippen LogP contribution in [-0.4, -0.2) is 17.3 Å². The maximum atomic E-state index is 12.4. The fraction of sp³-hybridized carbons (Fsp3) is 0.125. The Balaban J connectivity index is 1.67. The molecular weight excluding hydrogens is 373 g/mol. The van der Waals surface area contributed by atoms with Crippen LogP contribution < -0.4 is 10.1 Å². The molecule has 0 saturated heterocycles. The highest BCUT2D eigenvalue weighted by Crippen LogP contribution is 2.29. The predicted molar refractivity (Wildman–Crippen MR) is 89.7 cm³/mol. The topological polar surface area (TPSA) is 51.2 Å². The van der Waals surface area contributed by atoms with Crippen LogP contribution in [0.4, 0.5) is 13.2 Å². The van der Waals surface area contributed by atoms with E-state index in [0.717, 1.165) is 9.88 Å². The van der Waals surface area contributed by atoms with E-state index in [1.807, 2.05) is 17.5 Å². The summed E-state index contributed by atoms with van der Waals surface area (Å²) < 4.78 is 41.2. The molecule has 2 aromatic heterocycles. The van der Waals surface area contributed by atoms with E-state index in [1.165, 1.54) is 47.1 Å². The summed E-state index contributed by atoms with van der Waals surface area (Å²) in [6.45, 7) is -0.0860. The van der Waals surface area contributed by atoms with Gasteiger partial charge in [0.2, 0.25) is 0 Å². The van der Waals surface area contributed by atoms with Gasteiger partial charge < -0.3 is 10.1 Å². The lowest BCUT2D eigenvalue weighted by Crippen LogP contribution is -2.23. The Morgan fingerprint density at radius 2 is 2.00 bits per heavy atom. The van der Waals surface area contributed by atoms with Crippen LogP contribution in [0.15, 0.2) is 48.0 Å². The van der Waals surface area contributed by atoms with E-state index < -0.39 is 12.3 Å². The van der Waals surface area contributed by atoms with E-state index in [-0.39, 0.29) is 17.9 Å². The molecule has 0 aliphatic rings. The van der Waals surface area contributed by atoms with Gasteiger partial charge in [-0.3, -0.25) is 4.79 Å². The Bertz CT molecular complexity index is 860. The normalized spacial score (nSPS) is 11.3. The number of halogens is 3. The highest BCUT2D eigenvalue weighted by atomic mass is 32.1. The summed E-state index contributed by atoms with van der Waals surface area (Å²) in [4.78, 5) is 17.7. The summed E-state index contributed by atoms with van der Waals surface area (Å²) in [5.74, 6) is -0.735. The smallest absolute Gasteiger partial charge is 0.405 e. The molecule has 4 nitrogen and oxygen atoms in total. The van der Waals surface area contributed by atoms with Gasteiger partial charge in [-0.25, -0.2) is 4.98 Å². The maximum Gasteiger partial charge on any atom is 0.573 e. The maximum absolute atomic E-state index is 12.4. The van der Waals surface area contributed by atoms with Crippen LogP contribution in [0.5, 0.6) is 5.75 Å². The van der Waals surface area contributed by atoms with Gasteiger partial charge in [0.25, 0.3) is 5.91 Å². The molecule has 0 spiro atoms. The van der Waals surface area contributed by atoms with E-state index in [4.69, 9.17) is 0 Å². The van der Waals surface area contributed by atoms with Gasteiger partial charge in [0.05, 0.1) is 11.1 Å². The molecule has 0 aliphatic carbocycles. The molecule has 0 unspecified atom stereocenters. The molecule has 0 fully saturated rings. The highest BCUT2D eigenvalue weighted by Gasteiger charge is 2.32. The van der Waals surface area contributed by atoms with Gasteiger partial charge >= 0.3 is 6.36 Å². The zero-order valence-corrected chi connectivity index (χ0v) is 14.2. The van der Waals surface area contributed by atoms with Crippen molar-refractivity contribution in [3.8, 4) is 15.6 Å². The second kappa shape index (κ2) is 7.24. The Kier molecular flexibility index (Phi) is 5.05. The van der Waals surface area contributed by atoms with E-state index in [1.54, 1.807) is 6.07 Å². The number of benzene rings is 1. The third kappa shape index (κ3) is 4.58. The number of ether oxygens (including phenoxy) is 1. The van der Waals surface area contributed by atoms with Gasteiger partial charge in [0, 0.05) is 12.1 Å². The van der Waals surface area contributed by atoms with Crippen molar-refractivity contribution in [3.63, 3.8) is 0 Å². The molecular formula is C16H11F3N2O2S2. The van der Waals surface area contributed by atoms with Gasteiger partial charge in [-0.1, -0.05) is 24.3 Å². The number of nitrogens with zero attached hydrogens (tertiary/aromatic N) is 1. The first-order valence-corrected chi connectivity index (χ1v) is 8.73. The predicted octanol–water partition coefficient (Wildman–Crippen LogP) is 4.70. The van der Waals surface area contributed by atoms with E-state index >= 15 is 0 Å². The second-order valence-corrected chi connectivity index (χ2v) is 6.82. The molecule has 3 aromatic rings. The van der Waals surface area contributed by atoms with Gasteiger partial charge in [-0.05, 0) is 17.5 Å². The lowest BCUT2D eigenvalue weighted by molar-refractivity contribution is -0.274. The zero-order chi connectivity index (χ0) is 17.9. The molecule has 3 rings (SSSR count). The molecule has 0 atom stereocenters. The number of alkyl halides is 3. The van der Waals surface area contributed by atoms with Gasteiger partial charge in [0.1, 0.15) is 15.6 Å². The molecule has 0 aliphatic heterocycles. The van der Waals surface area contributed by atoms with E-state index in [0.29, 0.717) is 4.88 Å². The van der Waals surface area contributed by atoms with Crippen molar-refractivity contribution in [2.24, 2.45) is 0 Å². The molecule has 0 radical (unpaired) electrons. The molecule has 0 bridgehead atoms. The molecule has 2 heterocycles. The SMILES string of the molecule is O=C(NCc1ccccc1OC(F)(F)F)c1cnc(-c2cccs2)s1. The van der Waals surface area contributed by atoms with Crippen LogP contribution in [0.1, 0.15) is 15.2 Å². The highest BCUT2D eigenvalue weighted by molar-refractivity contribution is 7.21. The number of thiophene rings is 1. The fourth-order valence-electron chi connectivity index (χ4n) is 2.03. The zero-order valence-electron chi connectivity index (χ0n) is 12.5. The summed E-state index contributed by atoms with van der Waals surface area (Å²) in [6.07, 6.45) is -3.33. The van der Waals surface area contributed by atoms with Gasteiger partial charge in [-0.2, -0.15) is 0 Å². The lowest BCUT2D eigenvalue weighted by Gasteiger charge is -2.13. The lowest BCUT2D eigenvalue weighted by atomic mass is 10.2. The van der Waals surface area contributed by atoms with Crippen LogP contribution >= 0.6 is 22.7 Å². The molecule has 9 heteroatoms. The van der Waals surface area contributed by atoms with Crippen molar-refractivity contribution >= 4 is 28.6 Å². The number of hydrogen-bond donors (Lipinski definition) is 1. The summed E-state index contributed by atoms with van der Waals surface area (Å²) >= 11 is 2.74. The number of carbonyl (C=O) groups excluding carboxylic acids is 1. The molecule has 130 valence electrons. The number of nitrogens with one attached hydrogen (secondary N) is 1. The van der Waals surface area contributed by atoms with Crippen LogP contribution in [-0.2, 0) is 6.54 Å². The van der Waals surface area contributed by atoms with E-state index in [9.17, 15) is 18.0 Å². The number of thiazole rings is 1. The van der Waals surface area contributed by atoms with Crippen molar-refractivity contribution in [1.29, 1.82) is 0 Å². The summed E-state index contributed by atoms with van der Waals surface area (Å²) in [7, 11) is 0. The van der Waals surface area contributed by atoms with Crippen molar-refractivity contribution in [2.75, 3.05) is 0 Å². The minimum Gasteiger partial charge on any atom is -0.405 e. The van der Waals surface area contributed by atoms with Crippen LogP contribution in [0.2, 0.25) is 0 Å². The minimum atomic E-state index is -4.78. The second-order valence-electron chi connectivity index (χ2n) is 4.85. The monoisotopic (exact) mass is 384 g/mol. The first-order chi connectivity index (χ1) is 11.9. The van der Waals surface area contributed by atoms with E-state index in [2.05, 4.69) is 15.0 Å². The van der Waals surface area contributed by atoms with Crippen molar-refractivity contribution < 1.29 is 22.7 Å². The number of aromatic nitrogens is 1. The fourth-order valence-corrected chi connectivity index (χ4v) is 3.67. The average Bonchev–Trinajstić information content (AvgIpc) is 3.23. The van der Waals surface area contributed by atoms with Crippen molar-refractivity contribution in [1.82, 2.24) is 10.3 Å². The van der Waals surface area contributed by atoms with Gasteiger partial charge in [-0.15, -0.1) is 35.8 Å². The largest absolute Gasteiger partial charge is 0.573 e. The number of amides is 1. The number of rotatable bonds is 5. The van der Waals surface area contributed by atoms with Crippen LogP contribution in [0, 0.1) is 0 Å². The third-order valence-corrected chi connectivity index (χ3v) is 5.13. The third-order valence-electron chi connectivity index (χ3n) is 3.10. The van der Waals surface area contributed by atoms with Crippen molar-refractivity contribution in [3.05, 3.63) is 58.4 Å².